The molecule has 0 bridgehead atoms. The molecule has 1 fully saturated rings. The van der Waals surface area contributed by atoms with Crippen molar-refractivity contribution in [3.8, 4) is 0 Å². The Hall–Kier alpha value is -1.13. The van der Waals surface area contributed by atoms with Gasteiger partial charge in [-0.3, -0.25) is 4.79 Å². The van der Waals surface area contributed by atoms with E-state index in [1.165, 1.54) is 19.3 Å². The number of rotatable bonds is 14. The number of aliphatic hydroxyl groups is 1. The van der Waals surface area contributed by atoms with E-state index in [0.717, 1.165) is 38.5 Å². The van der Waals surface area contributed by atoms with Gasteiger partial charge in [0.1, 0.15) is 0 Å². The van der Waals surface area contributed by atoms with Crippen LogP contribution in [0.1, 0.15) is 98.8 Å². The first-order valence-corrected chi connectivity index (χ1v) is 12.2. The maximum atomic E-state index is 11.5. The van der Waals surface area contributed by atoms with Crippen molar-refractivity contribution in [2.45, 2.75) is 117 Å². The maximum Gasteiger partial charge on any atom is 0.306 e. The summed E-state index contributed by atoms with van der Waals surface area (Å²) in [5, 5.41) is 10.4. The van der Waals surface area contributed by atoms with Crippen molar-refractivity contribution in [2.24, 2.45) is 11.8 Å². The van der Waals surface area contributed by atoms with E-state index in [4.69, 9.17) is 9.47 Å². The summed E-state index contributed by atoms with van der Waals surface area (Å²) in [6.45, 7) is 9.96. The number of carbonyl (C=O) groups excluding carboxylic acids is 1. The molecule has 0 amide bonds. The van der Waals surface area contributed by atoms with Crippen LogP contribution >= 0.6 is 0 Å². The van der Waals surface area contributed by atoms with Gasteiger partial charge in [0.25, 0.3) is 0 Å². The van der Waals surface area contributed by atoms with Gasteiger partial charge in [-0.25, -0.2) is 0 Å². The number of esters is 1. The molecule has 4 nitrogen and oxygen atoms in total. The van der Waals surface area contributed by atoms with E-state index in [2.05, 4.69) is 31.2 Å². The summed E-state index contributed by atoms with van der Waals surface area (Å²) in [5.74, 6) is 0.586. The smallest absolute Gasteiger partial charge is 0.306 e. The molecule has 1 rings (SSSR count). The Kier molecular flexibility index (Phi) is 17.9. The predicted molar refractivity (Wildman–Crippen MR) is 126 cm³/mol. The van der Waals surface area contributed by atoms with Crippen LogP contribution < -0.4 is 0 Å². The third kappa shape index (κ3) is 13.2. The van der Waals surface area contributed by atoms with Crippen LogP contribution in [0.3, 0.4) is 0 Å². The van der Waals surface area contributed by atoms with Crippen LogP contribution in [0.4, 0.5) is 0 Å². The van der Waals surface area contributed by atoms with Crippen LogP contribution in [-0.2, 0) is 14.3 Å². The number of hydrogen-bond acceptors (Lipinski definition) is 4. The minimum Gasteiger partial charge on any atom is -0.463 e. The highest BCUT2D eigenvalue weighted by molar-refractivity contribution is 5.69. The normalized spacial score (nSPS) is 22.5. The van der Waals surface area contributed by atoms with Crippen molar-refractivity contribution in [3.63, 3.8) is 0 Å². The second kappa shape index (κ2) is 18.6. The first-order valence-electron chi connectivity index (χ1n) is 12.2. The highest BCUT2D eigenvalue weighted by atomic mass is 16.5. The molecule has 30 heavy (non-hydrogen) atoms. The van der Waals surface area contributed by atoms with Gasteiger partial charge in [0.2, 0.25) is 0 Å². The van der Waals surface area contributed by atoms with Crippen LogP contribution in [0, 0.1) is 11.8 Å². The van der Waals surface area contributed by atoms with Crippen molar-refractivity contribution >= 4 is 5.97 Å². The summed E-state index contributed by atoms with van der Waals surface area (Å²) in [7, 11) is 1.78. The number of hydrogen-bond donors (Lipinski definition) is 1. The lowest BCUT2D eigenvalue weighted by Crippen LogP contribution is -2.18. The van der Waals surface area contributed by atoms with Crippen LogP contribution in [0.5, 0.6) is 0 Å². The van der Waals surface area contributed by atoms with Crippen molar-refractivity contribution in [3.05, 3.63) is 24.3 Å². The third-order valence-electron chi connectivity index (χ3n) is 5.50. The summed E-state index contributed by atoms with van der Waals surface area (Å²) in [5.41, 5.74) is 0. The Morgan fingerprint density at radius 2 is 1.87 bits per heavy atom. The summed E-state index contributed by atoms with van der Waals surface area (Å²) < 4.78 is 10.7. The lowest BCUT2D eigenvalue weighted by atomic mass is 9.90. The average Bonchev–Trinajstić information content (AvgIpc) is 3.07. The highest BCUT2D eigenvalue weighted by Crippen LogP contribution is 2.36. The molecule has 0 saturated heterocycles. The van der Waals surface area contributed by atoms with Crippen LogP contribution in [0.25, 0.3) is 0 Å². The van der Waals surface area contributed by atoms with Gasteiger partial charge in [0.05, 0.1) is 18.3 Å². The fraction of sp³-hybridized carbons (Fsp3) is 0.808. The molecule has 1 aliphatic rings. The number of aliphatic hydroxyl groups excluding tert-OH is 1. The minimum absolute atomic E-state index is 0.0405. The number of methoxy groups -OCH3 is 1. The monoisotopic (exact) mass is 424 g/mol. The number of unbranched alkanes of at least 4 members (excludes halogenated alkanes) is 3. The zero-order valence-electron chi connectivity index (χ0n) is 20.4. The molecule has 176 valence electrons. The molecule has 1 N–H and O–H groups in total. The summed E-state index contributed by atoms with van der Waals surface area (Å²) >= 11 is 0. The third-order valence-corrected chi connectivity index (χ3v) is 5.50. The average molecular weight is 425 g/mol. The van der Waals surface area contributed by atoms with E-state index < -0.39 is 0 Å². The molecular formula is C26H48O4. The SMILES string of the molecule is CC.CCCCC[C@@H](/C=C/C1CC[C@H](O)[C@@H]1C/C=C\CCCC(=O)OC(C)C)OC. The fourth-order valence-corrected chi connectivity index (χ4v) is 3.86. The van der Waals surface area contributed by atoms with Gasteiger partial charge in [-0.1, -0.05) is 64.3 Å². The van der Waals surface area contributed by atoms with Crippen molar-refractivity contribution in [1.82, 2.24) is 0 Å². The van der Waals surface area contributed by atoms with Gasteiger partial charge in [-0.2, -0.15) is 0 Å². The molecule has 0 heterocycles. The van der Waals surface area contributed by atoms with Crippen LogP contribution in [-0.4, -0.2) is 36.5 Å². The Balaban J connectivity index is 0.00000407. The lowest BCUT2D eigenvalue weighted by Gasteiger charge is -2.19. The molecule has 0 aromatic heterocycles. The van der Waals surface area contributed by atoms with Gasteiger partial charge in [-0.15, -0.1) is 0 Å². The Bertz CT molecular complexity index is 470. The first-order chi connectivity index (χ1) is 14.5. The molecule has 0 aliphatic heterocycles. The highest BCUT2D eigenvalue weighted by Gasteiger charge is 2.32. The zero-order chi connectivity index (χ0) is 22.8. The fourth-order valence-electron chi connectivity index (χ4n) is 3.86. The van der Waals surface area contributed by atoms with E-state index in [1.807, 2.05) is 27.7 Å². The molecule has 4 heteroatoms. The van der Waals surface area contributed by atoms with Gasteiger partial charge in [0, 0.05) is 13.5 Å². The number of carbonyl (C=O) groups is 1. The van der Waals surface area contributed by atoms with Crippen molar-refractivity contribution < 1.29 is 19.4 Å². The minimum atomic E-state index is -0.221. The second-order valence-electron chi connectivity index (χ2n) is 8.27. The number of allylic oxidation sites excluding steroid dienone is 3. The number of ether oxygens (including phenoxy) is 2. The van der Waals surface area contributed by atoms with E-state index in [0.29, 0.717) is 12.3 Å². The molecule has 0 spiro atoms. The molecule has 4 atom stereocenters. The molecular weight excluding hydrogens is 376 g/mol. The van der Waals surface area contributed by atoms with E-state index in [-0.39, 0.29) is 30.2 Å². The van der Waals surface area contributed by atoms with E-state index in [1.54, 1.807) is 7.11 Å². The van der Waals surface area contributed by atoms with Gasteiger partial charge >= 0.3 is 5.97 Å². The Labute approximate surface area is 186 Å². The molecule has 0 aromatic carbocycles. The summed E-state index contributed by atoms with van der Waals surface area (Å²) in [6, 6.07) is 0. The van der Waals surface area contributed by atoms with Crippen LogP contribution in [0.2, 0.25) is 0 Å². The first kappa shape index (κ1) is 28.9. The zero-order valence-corrected chi connectivity index (χ0v) is 20.4. The quantitative estimate of drug-likeness (QED) is 0.193. The van der Waals surface area contributed by atoms with Gasteiger partial charge < -0.3 is 14.6 Å². The molecule has 1 aliphatic carbocycles. The molecule has 0 aromatic rings. The van der Waals surface area contributed by atoms with Gasteiger partial charge in [0.15, 0.2) is 0 Å². The topological polar surface area (TPSA) is 55.8 Å². The van der Waals surface area contributed by atoms with Crippen molar-refractivity contribution in [2.75, 3.05) is 7.11 Å². The standard InChI is InChI=1S/C24H42O4.C2H6/c1-5-6-9-12-21(27-4)17-15-20-16-18-23(25)22(20)13-10-7-8-11-14-24(26)28-19(2)3;1-2/h7,10,15,17,19-23,25H,5-6,8-9,11-14,16,18H2,1-4H3;1-2H3/b10-7-,17-15+;/t20?,21-,22+,23-;/m0./s1. The van der Waals surface area contributed by atoms with Crippen LogP contribution in [0.15, 0.2) is 24.3 Å². The summed E-state index contributed by atoms with van der Waals surface area (Å²) in [4.78, 5) is 11.5. The summed E-state index contributed by atoms with van der Waals surface area (Å²) in [6.07, 6.45) is 18.4. The largest absolute Gasteiger partial charge is 0.463 e. The Morgan fingerprint density at radius 1 is 1.13 bits per heavy atom. The Morgan fingerprint density at radius 3 is 2.50 bits per heavy atom. The van der Waals surface area contributed by atoms with E-state index in [9.17, 15) is 9.90 Å². The molecule has 1 unspecified atom stereocenters. The lowest BCUT2D eigenvalue weighted by molar-refractivity contribution is -0.147. The second-order valence-corrected chi connectivity index (χ2v) is 8.27. The molecule has 0 radical (unpaired) electrons. The van der Waals surface area contributed by atoms with E-state index >= 15 is 0 Å². The molecule has 1 saturated carbocycles. The predicted octanol–water partition coefficient (Wildman–Crippen LogP) is 6.62. The van der Waals surface area contributed by atoms with Gasteiger partial charge in [-0.05, 0) is 64.2 Å². The van der Waals surface area contributed by atoms with Crippen molar-refractivity contribution in [1.29, 1.82) is 0 Å². The maximum absolute atomic E-state index is 11.5.